The lowest BCUT2D eigenvalue weighted by atomic mass is 10.1. The van der Waals surface area contributed by atoms with Crippen molar-refractivity contribution in [2.24, 2.45) is 5.73 Å². The summed E-state index contributed by atoms with van der Waals surface area (Å²) in [5.41, 5.74) is 7.13. The van der Waals surface area contributed by atoms with Gasteiger partial charge in [-0.25, -0.2) is 4.39 Å². The molecule has 2 unspecified atom stereocenters. The van der Waals surface area contributed by atoms with Gasteiger partial charge < -0.3 is 20.1 Å². The zero-order valence-electron chi connectivity index (χ0n) is 11.6. The molecule has 0 radical (unpaired) electrons. The van der Waals surface area contributed by atoms with Gasteiger partial charge >= 0.3 is 0 Å². The summed E-state index contributed by atoms with van der Waals surface area (Å²) in [6.07, 6.45) is -0.0602. The molecule has 1 heterocycles. The zero-order chi connectivity index (χ0) is 14.0. The van der Waals surface area contributed by atoms with Gasteiger partial charge in [-0.15, -0.1) is 0 Å². The van der Waals surface area contributed by atoms with Crippen LogP contribution in [0.15, 0.2) is 18.2 Å². The van der Waals surface area contributed by atoms with Gasteiger partial charge in [0.15, 0.2) is 0 Å². The van der Waals surface area contributed by atoms with Gasteiger partial charge in [-0.3, -0.25) is 0 Å². The largest absolute Gasteiger partial charge is 0.377 e. The third-order valence-corrected chi connectivity index (χ3v) is 3.66. The third-order valence-electron chi connectivity index (χ3n) is 3.66. The van der Waals surface area contributed by atoms with Gasteiger partial charge in [0.1, 0.15) is 18.0 Å². The molecule has 0 aliphatic carbocycles. The van der Waals surface area contributed by atoms with E-state index in [1.165, 1.54) is 6.07 Å². The van der Waals surface area contributed by atoms with Crippen LogP contribution < -0.4 is 10.6 Å². The second-order valence-electron chi connectivity index (χ2n) is 4.95. The molecule has 1 saturated heterocycles. The Kier molecular flexibility index (Phi) is 4.39. The molecule has 0 aromatic heterocycles. The Bertz CT molecular complexity index is 427. The number of rotatable bonds is 4. The highest BCUT2D eigenvalue weighted by Gasteiger charge is 2.34. The molecule has 106 valence electrons. The average Bonchev–Trinajstić information content (AvgIpc) is 2.81. The van der Waals surface area contributed by atoms with Crippen molar-refractivity contribution in [3.63, 3.8) is 0 Å². The summed E-state index contributed by atoms with van der Waals surface area (Å²) in [5.74, 6) is -0.249. The number of nitrogens with zero attached hydrogens (tertiary/aromatic N) is 1. The molecule has 2 rings (SSSR count). The number of methoxy groups -OCH3 is 2. The Hall–Kier alpha value is -1.17. The highest BCUT2D eigenvalue weighted by molar-refractivity contribution is 5.51. The SMILES string of the molecule is COC1CN(c2ccc([C@@H](C)N)cc2F)CC1OC. The highest BCUT2D eigenvalue weighted by Crippen LogP contribution is 2.27. The van der Waals surface area contributed by atoms with Crippen molar-refractivity contribution in [3.8, 4) is 0 Å². The maximum Gasteiger partial charge on any atom is 0.146 e. The first-order valence-electron chi connectivity index (χ1n) is 6.42. The molecule has 0 saturated carbocycles. The lowest BCUT2D eigenvalue weighted by molar-refractivity contribution is -0.00461. The first-order valence-corrected chi connectivity index (χ1v) is 6.42. The Labute approximate surface area is 113 Å². The minimum atomic E-state index is -0.249. The van der Waals surface area contributed by atoms with E-state index in [1.807, 2.05) is 17.9 Å². The topological polar surface area (TPSA) is 47.7 Å². The Morgan fingerprint density at radius 1 is 1.26 bits per heavy atom. The normalized spacial score (nSPS) is 24.8. The van der Waals surface area contributed by atoms with Crippen molar-refractivity contribution in [3.05, 3.63) is 29.6 Å². The van der Waals surface area contributed by atoms with E-state index >= 15 is 0 Å². The molecule has 1 aliphatic rings. The van der Waals surface area contributed by atoms with Crippen LogP contribution in [0.2, 0.25) is 0 Å². The van der Waals surface area contributed by atoms with E-state index in [2.05, 4.69) is 0 Å². The predicted molar refractivity (Wildman–Crippen MR) is 72.8 cm³/mol. The second-order valence-corrected chi connectivity index (χ2v) is 4.95. The summed E-state index contributed by atoms with van der Waals surface area (Å²) in [5, 5.41) is 0. The summed E-state index contributed by atoms with van der Waals surface area (Å²) in [6, 6.07) is 4.98. The van der Waals surface area contributed by atoms with Crippen LogP contribution in [0.3, 0.4) is 0 Å². The maximum atomic E-state index is 14.1. The van der Waals surface area contributed by atoms with Gasteiger partial charge in [0.25, 0.3) is 0 Å². The molecular weight excluding hydrogens is 247 g/mol. The smallest absolute Gasteiger partial charge is 0.146 e. The standard InChI is InChI=1S/C14H21FN2O2/c1-9(16)10-4-5-12(11(15)6-10)17-7-13(18-2)14(8-17)19-3/h4-6,9,13-14H,7-8,16H2,1-3H3/t9-,13?,14?/m1/s1. The summed E-state index contributed by atoms with van der Waals surface area (Å²) in [7, 11) is 3.30. The molecule has 5 heteroatoms. The minimum Gasteiger partial charge on any atom is -0.377 e. The molecular formula is C14H21FN2O2. The van der Waals surface area contributed by atoms with Crippen molar-refractivity contribution in [1.82, 2.24) is 0 Å². The van der Waals surface area contributed by atoms with Crippen LogP contribution in [-0.2, 0) is 9.47 Å². The summed E-state index contributed by atoms with van der Waals surface area (Å²) in [6.45, 7) is 3.10. The van der Waals surface area contributed by atoms with E-state index in [9.17, 15) is 4.39 Å². The van der Waals surface area contributed by atoms with E-state index in [4.69, 9.17) is 15.2 Å². The molecule has 1 aromatic carbocycles. The van der Waals surface area contributed by atoms with Gasteiger partial charge in [0, 0.05) is 33.4 Å². The summed E-state index contributed by atoms with van der Waals surface area (Å²) < 4.78 is 24.9. The van der Waals surface area contributed by atoms with Crippen LogP contribution in [0.25, 0.3) is 0 Å². The lowest BCUT2D eigenvalue weighted by Gasteiger charge is -2.19. The second kappa shape index (κ2) is 5.86. The van der Waals surface area contributed by atoms with E-state index in [1.54, 1.807) is 20.3 Å². The number of anilines is 1. The van der Waals surface area contributed by atoms with Gasteiger partial charge in [0.05, 0.1) is 5.69 Å². The quantitative estimate of drug-likeness (QED) is 0.903. The fourth-order valence-corrected chi connectivity index (χ4v) is 2.46. The average molecular weight is 268 g/mol. The molecule has 3 atom stereocenters. The summed E-state index contributed by atoms with van der Waals surface area (Å²) >= 11 is 0. The number of halogens is 1. The number of hydrogen-bond donors (Lipinski definition) is 1. The predicted octanol–water partition coefficient (Wildman–Crippen LogP) is 1.70. The van der Waals surface area contributed by atoms with Crippen molar-refractivity contribution >= 4 is 5.69 Å². The van der Waals surface area contributed by atoms with Crippen molar-refractivity contribution in [1.29, 1.82) is 0 Å². The zero-order valence-corrected chi connectivity index (χ0v) is 11.6. The Balaban J connectivity index is 2.19. The molecule has 1 fully saturated rings. The molecule has 1 aliphatic heterocycles. The minimum absolute atomic E-state index is 0.0301. The molecule has 19 heavy (non-hydrogen) atoms. The van der Waals surface area contributed by atoms with Crippen LogP contribution in [0, 0.1) is 5.82 Å². The third kappa shape index (κ3) is 2.88. The molecule has 0 amide bonds. The fourth-order valence-electron chi connectivity index (χ4n) is 2.46. The number of nitrogens with two attached hydrogens (primary N) is 1. The first-order chi connectivity index (χ1) is 9.06. The fraction of sp³-hybridized carbons (Fsp3) is 0.571. The van der Waals surface area contributed by atoms with Crippen LogP contribution in [0.1, 0.15) is 18.5 Å². The monoisotopic (exact) mass is 268 g/mol. The van der Waals surface area contributed by atoms with Crippen molar-refractivity contribution in [2.45, 2.75) is 25.2 Å². The maximum absolute atomic E-state index is 14.1. The van der Waals surface area contributed by atoms with Gasteiger partial charge in [-0.05, 0) is 24.6 Å². The van der Waals surface area contributed by atoms with Crippen molar-refractivity contribution < 1.29 is 13.9 Å². The van der Waals surface area contributed by atoms with Crippen molar-refractivity contribution in [2.75, 3.05) is 32.2 Å². The number of benzene rings is 1. The number of ether oxygens (including phenoxy) is 2. The van der Waals surface area contributed by atoms with E-state index in [0.29, 0.717) is 18.8 Å². The molecule has 1 aromatic rings. The lowest BCUT2D eigenvalue weighted by Crippen LogP contribution is -2.27. The van der Waals surface area contributed by atoms with E-state index in [-0.39, 0.29) is 24.1 Å². The van der Waals surface area contributed by atoms with Crippen LogP contribution in [0.4, 0.5) is 10.1 Å². The highest BCUT2D eigenvalue weighted by atomic mass is 19.1. The van der Waals surface area contributed by atoms with Crippen LogP contribution in [0.5, 0.6) is 0 Å². The van der Waals surface area contributed by atoms with Crippen LogP contribution in [-0.4, -0.2) is 39.5 Å². The number of hydrogen-bond acceptors (Lipinski definition) is 4. The van der Waals surface area contributed by atoms with Gasteiger partial charge in [-0.1, -0.05) is 6.07 Å². The Morgan fingerprint density at radius 3 is 2.26 bits per heavy atom. The Morgan fingerprint density at radius 2 is 1.84 bits per heavy atom. The van der Waals surface area contributed by atoms with E-state index < -0.39 is 0 Å². The molecule has 2 N–H and O–H groups in total. The summed E-state index contributed by atoms with van der Waals surface area (Å²) in [4.78, 5) is 1.95. The van der Waals surface area contributed by atoms with Gasteiger partial charge in [0.2, 0.25) is 0 Å². The molecule has 0 bridgehead atoms. The first kappa shape index (κ1) is 14.2. The molecule has 0 spiro atoms. The molecule has 4 nitrogen and oxygen atoms in total. The van der Waals surface area contributed by atoms with Gasteiger partial charge in [-0.2, -0.15) is 0 Å². The van der Waals surface area contributed by atoms with Crippen LogP contribution >= 0.6 is 0 Å². The van der Waals surface area contributed by atoms with E-state index in [0.717, 1.165) is 5.56 Å².